The van der Waals surface area contributed by atoms with E-state index < -0.39 is 5.82 Å². The lowest BCUT2D eigenvalue weighted by Crippen LogP contribution is -2.22. The summed E-state index contributed by atoms with van der Waals surface area (Å²) in [5.41, 5.74) is 3.78. The van der Waals surface area contributed by atoms with Gasteiger partial charge < -0.3 is 4.98 Å². The van der Waals surface area contributed by atoms with Crippen molar-refractivity contribution in [2.75, 3.05) is 5.75 Å². The van der Waals surface area contributed by atoms with E-state index in [1.165, 1.54) is 40.6 Å². The van der Waals surface area contributed by atoms with Crippen molar-refractivity contribution in [2.45, 2.75) is 19.0 Å². The second-order valence-electron chi connectivity index (χ2n) is 6.80. The molecule has 0 fully saturated rings. The molecule has 2 aromatic carbocycles. The van der Waals surface area contributed by atoms with E-state index in [9.17, 15) is 14.0 Å². The van der Waals surface area contributed by atoms with Crippen LogP contribution in [0.15, 0.2) is 64.5 Å². The Morgan fingerprint density at radius 2 is 1.79 bits per heavy atom. The van der Waals surface area contributed by atoms with Gasteiger partial charge in [-0.25, -0.2) is 9.37 Å². The first-order valence-corrected chi connectivity index (χ1v) is 10.0. The number of nitrogens with one attached hydrogen (secondary N) is 1. The molecule has 146 valence electrons. The molecule has 0 atom stereocenters. The number of carbonyl (C=O) groups excluding carboxylic acids is 1. The zero-order valence-corrected chi connectivity index (χ0v) is 16.7. The molecule has 5 nitrogen and oxygen atoms in total. The Hall–Kier alpha value is -3.19. The van der Waals surface area contributed by atoms with Gasteiger partial charge in [-0.15, -0.1) is 0 Å². The standard InChI is InChI=1S/C22H18FN3O2S/c1-13-3-9-17(10-4-13)26-21(28)20-18(11-14(2)24-20)25-22(26)29-12-19(27)15-5-7-16(23)8-6-15/h3-11,24H,12H2,1-2H3. The Labute approximate surface area is 170 Å². The van der Waals surface area contributed by atoms with Gasteiger partial charge in [0, 0.05) is 11.3 Å². The molecule has 0 saturated heterocycles. The summed E-state index contributed by atoms with van der Waals surface area (Å²) in [5.74, 6) is -0.471. The number of fused-ring (bicyclic) bond motifs is 1. The average molecular weight is 407 g/mol. The predicted molar refractivity (Wildman–Crippen MR) is 113 cm³/mol. The van der Waals surface area contributed by atoms with Crippen LogP contribution in [0.5, 0.6) is 0 Å². The molecule has 4 aromatic rings. The molecule has 0 bridgehead atoms. The number of benzene rings is 2. The number of aromatic nitrogens is 3. The summed E-state index contributed by atoms with van der Waals surface area (Å²) in [6.45, 7) is 3.83. The maximum atomic E-state index is 13.2. The molecule has 29 heavy (non-hydrogen) atoms. The monoisotopic (exact) mass is 407 g/mol. The fourth-order valence-corrected chi connectivity index (χ4v) is 3.95. The van der Waals surface area contributed by atoms with Crippen molar-refractivity contribution in [1.29, 1.82) is 0 Å². The zero-order valence-electron chi connectivity index (χ0n) is 15.9. The van der Waals surface area contributed by atoms with Crippen LogP contribution in [0.3, 0.4) is 0 Å². The maximum absolute atomic E-state index is 13.2. The van der Waals surface area contributed by atoms with Crippen LogP contribution in [0, 0.1) is 19.7 Å². The topological polar surface area (TPSA) is 67.8 Å². The second kappa shape index (κ2) is 7.67. The van der Waals surface area contributed by atoms with Gasteiger partial charge in [-0.3, -0.25) is 14.2 Å². The van der Waals surface area contributed by atoms with Gasteiger partial charge in [-0.1, -0.05) is 29.5 Å². The van der Waals surface area contributed by atoms with Crippen LogP contribution < -0.4 is 5.56 Å². The summed E-state index contributed by atoms with van der Waals surface area (Å²) in [6, 6.07) is 14.8. The Kier molecular flexibility index (Phi) is 5.07. The van der Waals surface area contributed by atoms with Crippen molar-refractivity contribution in [3.63, 3.8) is 0 Å². The van der Waals surface area contributed by atoms with E-state index in [1.54, 1.807) is 0 Å². The number of rotatable bonds is 5. The number of thioether (sulfide) groups is 1. The minimum absolute atomic E-state index is 0.0822. The molecular weight excluding hydrogens is 389 g/mol. The van der Waals surface area contributed by atoms with Crippen molar-refractivity contribution in [1.82, 2.24) is 14.5 Å². The molecule has 0 radical (unpaired) electrons. The van der Waals surface area contributed by atoms with E-state index in [2.05, 4.69) is 9.97 Å². The Bertz CT molecular complexity index is 1260. The molecular formula is C22H18FN3O2S. The normalized spacial score (nSPS) is 11.1. The fourth-order valence-electron chi connectivity index (χ4n) is 3.05. The van der Waals surface area contributed by atoms with E-state index >= 15 is 0 Å². The van der Waals surface area contributed by atoms with Gasteiger partial charge >= 0.3 is 0 Å². The molecule has 0 saturated carbocycles. The molecule has 0 amide bonds. The van der Waals surface area contributed by atoms with Crippen molar-refractivity contribution in [3.05, 3.63) is 87.6 Å². The largest absolute Gasteiger partial charge is 0.353 e. The van der Waals surface area contributed by atoms with Crippen molar-refractivity contribution in [3.8, 4) is 5.69 Å². The summed E-state index contributed by atoms with van der Waals surface area (Å²) < 4.78 is 14.6. The summed E-state index contributed by atoms with van der Waals surface area (Å²) in [5, 5.41) is 0.431. The molecule has 7 heteroatoms. The highest BCUT2D eigenvalue weighted by Gasteiger charge is 2.17. The van der Waals surface area contributed by atoms with Gasteiger partial charge in [0.25, 0.3) is 5.56 Å². The number of Topliss-reactive ketones (excluding diaryl/α,β-unsaturated/α-hetero) is 1. The molecule has 2 aromatic heterocycles. The van der Waals surface area contributed by atoms with Crippen molar-refractivity contribution >= 4 is 28.6 Å². The van der Waals surface area contributed by atoms with Crippen LogP contribution >= 0.6 is 11.8 Å². The summed E-state index contributed by atoms with van der Waals surface area (Å²) in [7, 11) is 0. The number of H-pyrrole nitrogens is 1. The number of ketones is 1. The molecule has 0 spiro atoms. The maximum Gasteiger partial charge on any atom is 0.283 e. The van der Waals surface area contributed by atoms with Gasteiger partial charge in [-0.2, -0.15) is 0 Å². The molecule has 2 heterocycles. The lowest BCUT2D eigenvalue weighted by atomic mass is 10.1. The van der Waals surface area contributed by atoms with E-state index in [0.717, 1.165) is 11.3 Å². The number of hydrogen-bond acceptors (Lipinski definition) is 4. The average Bonchev–Trinajstić information content (AvgIpc) is 3.08. The Balaban J connectivity index is 1.74. The molecule has 0 aliphatic carbocycles. The van der Waals surface area contributed by atoms with Crippen LogP contribution in [-0.4, -0.2) is 26.1 Å². The van der Waals surface area contributed by atoms with E-state index in [1.807, 2.05) is 44.2 Å². The minimum atomic E-state index is -0.391. The van der Waals surface area contributed by atoms with Crippen LogP contribution in [-0.2, 0) is 0 Å². The number of carbonyl (C=O) groups is 1. The van der Waals surface area contributed by atoms with Crippen LogP contribution in [0.1, 0.15) is 21.6 Å². The summed E-state index contributed by atoms with van der Waals surface area (Å²) >= 11 is 1.19. The molecule has 0 aliphatic rings. The molecule has 0 unspecified atom stereocenters. The van der Waals surface area contributed by atoms with Gasteiger partial charge in [0.15, 0.2) is 10.9 Å². The highest BCUT2D eigenvalue weighted by molar-refractivity contribution is 7.99. The molecule has 4 rings (SSSR count). The van der Waals surface area contributed by atoms with Crippen molar-refractivity contribution in [2.24, 2.45) is 0 Å². The van der Waals surface area contributed by atoms with Gasteiger partial charge in [0.05, 0.1) is 17.0 Å². The quantitative estimate of drug-likeness (QED) is 0.302. The third-order valence-corrected chi connectivity index (χ3v) is 5.49. The first-order valence-electron chi connectivity index (χ1n) is 9.03. The first kappa shape index (κ1) is 19.1. The van der Waals surface area contributed by atoms with Crippen LogP contribution in [0.2, 0.25) is 0 Å². The number of hydrogen-bond donors (Lipinski definition) is 1. The fraction of sp³-hybridized carbons (Fsp3) is 0.136. The number of aryl methyl sites for hydroxylation is 2. The minimum Gasteiger partial charge on any atom is -0.353 e. The smallest absolute Gasteiger partial charge is 0.283 e. The number of aromatic amines is 1. The van der Waals surface area contributed by atoms with Crippen LogP contribution in [0.4, 0.5) is 4.39 Å². The van der Waals surface area contributed by atoms with Crippen LogP contribution in [0.25, 0.3) is 16.7 Å². The third-order valence-electron chi connectivity index (χ3n) is 4.55. The number of halogens is 1. The molecule has 1 N–H and O–H groups in total. The highest BCUT2D eigenvalue weighted by Crippen LogP contribution is 2.23. The third kappa shape index (κ3) is 3.86. The Morgan fingerprint density at radius 1 is 1.10 bits per heavy atom. The van der Waals surface area contributed by atoms with E-state index in [4.69, 9.17) is 0 Å². The SMILES string of the molecule is Cc1ccc(-n2c(SCC(=O)c3ccc(F)cc3)nc3cc(C)[nH]c3c2=O)cc1. The predicted octanol–water partition coefficient (Wildman–Crippen LogP) is 4.44. The highest BCUT2D eigenvalue weighted by atomic mass is 32.2. The zero-order chi connectivity index (χ0) is 20.5. The van der Waals surface area contributed by atoms with Crippen molar-refractivity contribution < 1.29 is 9.18 Å². The summed E-state index contributed by atoms with van der Waals surface area (Å²) in [6.07, 6.45) is 0. The Morgan fingerprint density at radius 3 is 2.48 bits per heavy atom. The number of nitrogens with zero attached hydrogens (tertiary/aromatic N) is 2. The van der Waals surface area contributed by atoms with E-state index in [0.29, 0.717) is 27.4 Å². The lowest BCUT2D eigenvalue weighted by Gasteiger charge is -2.12. The molecule has 0 aliphatic heterocycles. The lowest BCUT2D eigenvalue weighted by molar-refractivity contribution is 0.102. The van der Waals surface area contributed by atoms with Gasteiger partial charge in [0.1, 0.15) is 11.3 Å². The summed E-state index contributed by atoms with van der Waals surface area (Å²) in [4.78, 5) is 33.3. The first-order chi connectivity index (χ1) is 13.9. The van der Waals surface area contributed by atoms with Gasteiger partial charge in [0.2, 0.25) is 0 Å². The second-order valence-corrected chi connectivity index (χ2v) is 7.74. The van der Waals surface area contributed by atoms with E-state index in [-0.39, 0.29) is 17.1 Å². The van der Waals surface area contributed by atoms with Gasteiger partial charge in [-0.05, 0) is 56.3 Å².